The van der Waals surface area contributed by atoms with Crippen molar-refractivity contribution in [2.24, 2.45) is 10.9 Å². The van der Waals surface area contributed by atoms with Crippen molar-refractivity contribution in [3.05, 3.63) is 53.1 Å². The minimum atomic E-state index is -0.654. The van der Waals surface area contributed by atoms with Gasteiger partial charge in [-0.25, -0.2) is 4.99 Å². The standard InChI is InChI=1S/C24H24N4O3/c1-31-17-5-7-21-19(11-17)18-6-2-13(9-20(18)23(29)28-21)8-16(12-25)27-24(30)22-14-3-4-15(10-14)26-22/h2,5-7,9,11,14-17,22,26H,3-4,8,10H2,1H3,(H,27,30)/t14-,15+,16?,17?,22-/m0/s1. The van der Waals surface area contributed by atoms with Crippen LogP contribution in [-0.4, -0.2) is 48.9 Å². The zero-order valence-corrected chi connectivity index (χ0v) is 17.3. The number of carbonyl (C=O) groups is 2. The summed E-state index contributed by atoms with van der Waals surface area (Å²) in [5, 5.41) is 15.8. The van der Waals surface area contributed by atoms with Crippen molar-refractivity contribution < 1.29 is 14.3 Å². The third kappa shape index (κ3) is 3.62. The maximum atomic E-state index is 12.7. The molecule has 158 valence electrons. The highest BCUT2D eigenvalue weighted by Crippen LogP contribution is 2.35. The minimum Gasteiger partial charge on any atom is -0.373 e. The van der Waals surface area contributed by atoms with Gasteiger partial charge in [0.2, 0.25) is 5.91 Å². The molecule has 2 aliphatic heterocycles. The molecule has 2 unspecified atom stereocenters. The number of aliphatic imine (C=N–C) groups is 1. The number of nitrogens with zero attached hydrogens (tertiary/aromatic N) is 2. The molecule has 4 aliphatic rings. The summed E-state index contributed by atoms with van der Waals surface area (Å²) in [4.78, 5) is 29.5. The summed E-state index contributed by atoms with van der Waals surface area (Å²) in [5.74, 6) is -0.0356. The number of hydrogen-bond donors (Lipinski definition) is 2. The second-order valence-electron chi connectivity index (χ2n) is 8.63. The zero-order chi connectivity index (χ0) is 21.5. The van der Waals surface area contributed by atoms with E-state index in [0.29, 0.717) is 29.7 Å². The molecule has 1 saturated heterocycles. The van der Waals surface area contributed by atoms with E-state index in [-0.39, 0.29) is 24.0 Å². The molecule has 5 rings (SSSR count). The van der Waals surface area contributed by atoms with Gasteiger partial charge < -0.3 is 15.4 Å². The van der Waals surface area contributed by atoms with Crippen molar-refractivity contribution in [2.45, 2.75) is 49.9 Å². The molecule has 2 amide bonds. The van der Waals surface area contributed by atoms with Crippen molar-refractivity contribution in [3.8, 4) is 6.07 Å². The number of nitrogens with one attached hydrogen (secondary N) is 2. The summed E-state index contributed by atoms with van der Waals surface area (Å²) < 4.78 is 5.39. The molecule has 2 heterocycles. The van der Waals surface area contributed by atoms with Crippen LogP contribution < -0.4 is 10.6 Å². The molecule has 1 aromatic carbocycles. The summed E-state index contributed by atoms with van der Waals surface area (Å²) in [5.41, 5.74) is 3.65. The van der Waals surface area contributed by atoms with Crippen LogP contribution in [0, 0.1) is 17.2 Å². The van der Waals surface area contributed by atoms with E-state index in [4.69, 9.17) is 4.74 Å². The van der Waals surface area contributed by atoms with E-state index in [1.807, 2.05) is 30.4 Å². The number of nitriles is 1. The summed E-state index contributed by atoms with van der Waals surface area (Å²) in [6.07, 6.45) is 9.03. The molecular formula is C24H24N4O3. The van der Waals surface area contributed by atoms with Crippen LogP contribution in [0.15, 0.2) is 41.4 Å². The number of ether oxygens (including phenoxy) is 1. The van der Waals surface area contributed by atoms with Gasteiger partial charge in [-0.15, -0.1) is 0 Å². The number of amides is 2. The predicted molar refractivity (Wildman–Crippen MR) is 115 cm³/mol. The molecule has 1 aromatic rings. The van der Waals surface area contributed by atoms with Crippen LogP contribution >= 0.6 is 0 Å². The van der Waals surface area contributed by atoms with Gasteiger partial charge in [-0.3, -0.25) is 9.59 Å². The SMILES string of the molecule is COC1C=CC2=NC(=O)c3cc(CC(C#N)NC(=O)[C@H]4N[C@@H]5CC[C@H]4C5)ccc3C2=C1. The van der Waals surface area contributed by atoms with Gasteiger partial charge in [0.25, 0.3) is 5.91 Å². The Balaban J connectivity index is 1.32. The number of allylic oxidation sites excluding steroid dienone is 2. The molecule has 7 heteroatoms. The summed E-state index contributed by atoms with van der Waals surface area (Å²) in [6.45, 7) is 0. The predicted octanol–water partition coefficient (Wildman–Crippen LogP) is 1.94. The average molecular weight is 416 g/mol. The molecule has 2 N–H and O–H groups in total. The smallest absolute Gasteiger partial charge is 0.278 e. The van der Waals surface area contributed by atoms with Crippen LogP contribution in [0.2, 0.25) is 0 Å². The molecule has 5 atom stereocenters. The first-order valence-corrected chi connectivity index (χ1v) is 10.7. The van der Waals surface area contributed by atoms with E-state index in [1.165, 1.54) is 0 Å². The lowest BCUT2D eigenvalue weighted by atomic mass is 9.87. The molecule has 2 aliphatic carbocycles. The highest BCUT2D eigenvalue weighted by atomic mass is 16.5. The van der Waals surface area contributed by atoms with Crippen molar-refractivity contribution in [1.82, 2.24) is 10.6 Å². The molecule has 7 nitrogen and oxygen atoms in total. The first-order chi connectivity index (χ1) is 15.1. The number of piperidine rings is 1. The van der Waals surface area contributed by atoms with Gasteiger partial charge in [0.05, 0.1) is 23.9 Å². The normalized spacial score (nSPS) is 28.8. The van der Waals surface area contributed by atoms with E-state index >= 15 is 0 Å². The molecule has 0 aromatic heterocycles. The second kappa shape index (κ2) is 7.88. The van der Waals surface area contributed by atoms with E-state index in [9.17, 15) is 14.9 Å². The first kappa shape index (κ1) is 19.9. The van der Waals surface area contributed by atoms with Gasteiger partial charge in [-0.2, -0.15) is 5.26 Å². The van der Waals surface area contributed by atoms with Gasteiger partial charge in [0.15, 0.2) is 0 Å². The third-order valence-corrected chi connectivity index (χ3v) is 6.70. The van der Waals surface area contributed by atoms with Gasteiger partial charge >= 0.3 is 0 Å². The highest BCUT2D eigenvalue weighted by Gasteiger charge is 2.43. The number of fused-ring (bicyclic) bond motifs is 5. The summed E-state index contributed by atoms with van der Waals surface area (Å²) in [6, 6.07) is 7.34. The lowest BCUT2D eigenvalue weighted by Gasteiger charge is -2.24. The zero-order valence-electron chi connectivity index (χ0n) is 17.3. The van der Waals surface area contributed by atoms with E-state index in [2.05, 4.69) is 21.7 Å². The number of methoxy groups -OCH3 is 1. The second-order valence-corrected chi connectivity index (χ2v) is 8.63. The van der Waals surface area contributed by atoms with Crippen LogP contribution in [0.5, 0.6) is 0 Å². The fraction of sp³-hybridized carbons (Fsp3) is 0.417. The molecule has 0 spiro atoms. The minimum absolute atomic E-state index is 0.105. The molecule has 2 fully saturated rings. The first-order valence-electron chi connectivity index (χ1n) is 10.7. The Morgan fingerprint density at radius 3 is 2.97 bits per heavy atom. The molecular weight excluding hydrogens is 392 g/mol. The van der Waals surface area contributed by atoms with Crippen molar-refractivity contribution in [1.29, 1.82) is 5.26 Å². The Morgan fingerprint density at radius 2 is 2.26 bits per heavy atom. The van der Waals surface area contributed by atoms with Crippen LogP contribution in [-0.2, 0) is 16.0 Å². The van der Waals surface area contributed by atoms with Crippen LogP contribution in [0.3, 0.4) is 0 Å². The van der Waals surface area contributed by atoms with Gasteiger partial charge in [0.1, 0.15) is 6.04 Å². The largest absolute Gasteiger partial charge is 0.373 e. The number of hydrogen-bond acceptors (Lipinski definition) is 5. The number of carbonyl (C=O) groups excluding carboxylic acids is 2. The fourth-order valence-corrected chi connectivity index (χ4v) is 5.13. The summed E-state index contributed by atoms with van der Waals surface area (Å²) in [7, 11) is 1.63. The van der Waals surface area contributed by atoms with Crippen LogP contribution in [0.25, 0.3) is 5.57 Å². The maximum absolute atomic E-state index is 12.7. The third-order valence-electron chi connectivity index (χ3n) is 6.70. The Bertz CT molecular complexity index is 1080. The maximum Gasteiger partial charge on any atom is 0.278 e. The van der Waals surface area contributed by atoms with Gasteiger partial charge in [-0.1, -0.05) is 12.1 Å². The fourth-order valence-electron chi connectivity index (χ4n) is 5.13. The Kier molecular flexibility index (Phi) is 5.05. The average Bonchev–Trinajstić information content (AvgIpc) is 3.42. The lowest BCUT2D eigenvalue weighted by molar-refractivity contribution is -0.124. The van der Waals surface area contributed by atoms with Crippen molar-refractivity contribution >= 4 is 23.1 Å². The van der Waals surface area contributed by atoms with Crippen LogP contribution in [0.4, 0.5) is 0 Å². The van der Waals surface area contributed by atoms with Crippen molar-refractivity contribution in [2.75, 3.05) is 7.11 Å². The van der Waals surface area contributed by atoms with E-state index in [0.717, 1.165) is 36.0 Å². The van der Waals surface area contributed by atoms with E-state index in [1.54, 1.807) is 13.2 Å². The van der Waals surface area contributed by atoms with E-state index < -0.39 is 6.04 Å². The van der Waals surface area contributed by atoms with Crippen molar-refractivity contribution in [3.63, 3.8) is 0 Å². The quantitative estimate of drug-likeness (QED) is 0.764. The topological polar surface area (TPSA) is 104 Å². The van der Waals surface area contributed by atoms with Crippen LogP contribution in [0.1, 0.15) is 40.7 Å². The number of benzene rings is 1. The lowest BCUT2D eigenvalue weighted by Crippen LogP contribution is -2.50. The summed E-state index contributed by atoms with van der Waals surface area (Å²) >= 11 is 0. The molecule has 31 heavy (non-hydrogen) atoms. The number of rotatable bonds is 5. The Labute approximate surface area is 180 Å². The Morgan fingerprint density at radius 1 is 1.39 bits per heavy atom. The Hall–Kier alpha value is -3.08. The monoisotopic (exact) mass is 416 g/mol. The molecule has 2 bridgehead atoms. The molecule has 0 radical (unpaired) electrons. The molecule has 1 saturated carbocycles. The highest BCUT2D eigenvalue weighted by molar-refractivity contribution is 6.36. The van der Waals surface area contributed by atoms with Gasteiger partial charge in [0, 0.05) is 30.7 Å². The van der Waals surface area contributed by atoms with Gasteiger partial charge in [-0.05, 0) is 60.6 Å².